The van der Waals surface area contributed by atoms with Crippen molar-refractivity contribution in [2.45, 2.75) is 19.8 Å². The van der Waals surface area contributed by atoms with Gasteiger partial charge in [-0.3, -0.25) is 9.59 Å². The summed E-state index contributed by atoms with van der Waals surface area (Å²) in [4.78, 5) is 26.9. The van der Waals surface area contributed by atoms with Crippen molar-refractivity contribution >= 4 is 23.3 Å². The van der Waals surface area contributed by atoms with Gasteiger partial charge in [-0.15, -0.1) is 0 Å². The summed E-state index contributed by atoms with van der Waals surface area (Å²) in [7, 11) is 0. The van der Waals surface area contributed by atoms with E-state index >= 15 is 0 Å². The van der Waals surface area contributed by atoms with Crippen molar-refractivity contribution in [1.29, 1.82) is 0 Å². The van der Waals surface area contributed by atoms with Gasteiger partial charge in [-0.05, 0) is 44.0 Å². The maximum absolute atomic E-state index is 13.1. The molecule has 2 aromatic rings. The zero-order chi connectivity index (χ0) is 18.4. The van der Waals surface area contributed by atoms with Gasteiger partial charge in [0.25, 0.3) is 5.91 Å². The van der Waals surface area contributed by atoms with Crippen LogP contribution < -0.4 is 5.32 Å². The van der Waals surface area contributed by atoms with Gasteiger partial charge in [-0.1, -0.05) is 30.3 Å². The van der Waals surface area contributed by atoms with Gasteiger partial charge in [-0.2, -0.15) is 0 Å². The maximum Gasteiger partial charge on any atom is 0.310 e. The minimum atomic E-state index is -0.234. The number of carbonyl (C=O) groups is 2. The summed E-state index contributed by atoms with van der Waals surface area (Å²) in [5.74, 6) is -0.499. The third-order valence-corrected chi connectivity index (χ3v) is 4.54. The Hall–Kier alpha value is -2.82. The fourth-order valence-corrected chi connectivity index (χ4v) is 3.24. The van der Waals surface area contributed by atoms with E-state index in [9.17, 15) is 9.59 Å². The van der Waals surface area contributed by atoms with Crippen LogP contribution in [0.4, 0.5) is 11.4 Å². The minimum Gasteiger partial charge on any atom is -0.466 e. The summed E-state index contributed by atoms with van der Waals surface area (Å²) in [6.07, 6.45) is 1.58. The Morgan fingerprint density at radius 1 is 1.12 bits per heavy atom. The van der Waals surface area contributed by atoms with Crippen LogP contribution >= 0.6 is 0 Å². The topological polar surface area (TPSA) is 58.6 Å². The van der Waals surface area contributed by atoms with Crippen LogP contribution in [0.5, 0.6) is 0 Å². The van der Waals surface area contributed by atoms with Crippen molar-refractivity contribution in [2.24, 2.45) is 5.92 Å². The molecule has 1 saturated heterocycles. The smallest absolute Gasteiger partial charge is 0.310 e. The molecule has 2 aromatic carbocycles. The fourth-order valence-electron chi connectivity index (χ4n) is 3.24. The number of amides is 1. The second-order valence-electron chi connectivity index (χ2n) is 6.38. The van der Waals surface area contributed by atoms with E-state index in [0.29, 0.717) is 25.3 Å². The number of nitrogens with one attached hydrogen (secondary N) is 1. The van der Waals surface area contributed by atoms with Gasteiger partial charge < -0.3 is 15.0 Å². The summed E-state index contributed by atoms with van der Waals surface area (Å²) in [5, 5.41) is 3.31. The Bertz CT molecular complexity index is 761. The molecular formula is C21H24N2O3. The molecular weight excluding hydrogens is 328 g/mol. The number of carbonyl (C=O) groups excluding carboxylic acids is 2. The van der Waals surface area contributed by atoms with E-state index in [1.165, 1.54) is 0 Å². The highest BCUT2D eigenvalue weighted by Gasteiger charge is 2.30. The number of esters is 1. The predicted octanol–water partition coefficient (Wildman–Crippen LogP) is 3.85. The molecule has 1 aliphatic heterocycles. The Balaban J connectivity index is 1.76. The first-order valence-electron chi connectivity index (χ1n) is 9.06. The largest absolute Gasteiger partial charge is 0.466 e. The highest BCUT2D eigenvalue weighted by molar-refractivity contribution is 6.00. The molecule has 26 heavy (non-hydrogen) atoms. The first kappa shape index (κ1) is 18.0. The molecule has 1 fully saturated rings. The Kier molecular flexibility index (Phi) is 5.89. The Morgan fingerprint density at radius 2 is 1.85 bits per heavy atom. The SMILES string of the molecule is CCOC(=O)[C@@H]1CCCN(C(=O)c2ccccc2Nc2ccccc2)C1. The van der Waals surface area contributed by atoms with Crippen LogP contribution in [0.1, 0.15) is 30.1 Å². The highest BCUT2D eigenvalue weighted by Crippen LogP contribution is 2.25. The molecule has 1 N–H and O–H groups in total. The van der Waals surface area contributed by atoms with Crippen molar-refractivity contribution in [3.8, 4) is 0 Å². The summed E-state index contributed by atoms with van der Waals surface area (Å²) in [6.45, 7) is 3.24. The number of nitrogens with zero attached hydrogens (tertiary/aromatic N) is 1. The van der Waals surface area contributed by atoms with E-state index in [2.05, 4.69) is 5.32 Å². The summed E-state index contributed by atoms with van der Waals surface area (Å²) in [6, 6.07) is 17.2. The molecule has 3 rings (SSSR count). The number of benzene rings is 2. The molecule has 5 heteroatoms. The second kappa shape index (κ2) is 8.52. The lowest BCUT2D eigenvalue weighted by Gasteiger charge is -2.32. The number of rotatable bonds is 5. The van der Waals surface area contributed by atoms with Crippen LogP contribution in [0.2, 0.25) is 0 Å². The van der Waals surface area contributed by atoms with Crippen LogP contribution in [0.25, 0.3) is 0 Å². The molecule has 136 valence electrons. The Morgan fingerprint density at radius 3 is 2.62 bits per heavy atom. The molecule has 0 radical (unpaired) electrons. The van der Waals surface area contributed by atoms with Crippen LogP contribution in [-0.2, 0) is 9.53 Å². The number of hydrogen-bond donors (Lipinski definition) is 1. The zero-order valence-corrected chi connectivity index (χ0v) is 15.0. The minimum absolute atomic E-state index is 0.0574. The van der Waals surface area contributed by atoms with Gasteiger partial charge in [0.1, 0.15) is 0 Å². The summed E-state index contributed by atoms with van der Waals surface area (Å²) >= 11 is 0. The predicted molar refractivity (Wildman–Crippen MR) is 101 cm³/mol. The lowest BCUT2D eigenvalue weighted by molar-refractivity contribution is -0.149. The van der Waals surface area contributed by atoms with Gasteiger partial charge in [0, 0.05) is 18.8 Å². The number of likely N-dealkylation sites (tertiary alicyclic amines) is 1. The maximum atomic E-state index is 13.1. The molecule has 1 atom stereocenters. The van der Waals surface area contributed by atoms with Crippen LogP contribution in [0.3, 0.4) is 0 Å². The fraction of sp³-hybridized carbons (Fsp3) is 0.333. The molecule has 0 unspecified atom stereocenters. The average molecular weight is 352 g/mol. The quantitative estimate of drug-likeness (QED) is 0.831. The molecule has 0 aliphatic carbocycles. The van der Waals surface area contributed by atoms with E-state index in [4.69, 9.17) is 4.74 Å². The highest BCUT2D eigenvalue weighted by atomic mass is 16.5. The van der Waals surface area contributed by atoms with E-state index in [0.717, 1.165) is 24.2 Å². The third-order valence-electron chi connectivity index (χ3n) is 4.54. The van der Waals surface area contributed by atoms with Gasteiger partial charge in [0.05, 0.1) is 23.8 Å². The van der Waals surface area contributed by atoms with Gasteiger partial charge in [0.2, 0.25) is 0 Å². The lowest BCUT2D eigenvalue weighted by Crippen LogP contribution is -2.43. The molecule has 0 spiro atoms. The third kappa shape index (κ3) is 4.23. The molecule has 1 heterocycles. The van der Waals surface area contributed by atoms with Crippen molar-refractivity contribution in [3.63, 3.8) is 0 Å². The Labute approximate surface area is 154 Å². The molecule has 5 nitrogen and oxygen atoms in total. The number of piperidine rings is 1. The number of ether oxygens (including phenoxy) is 1. The lowest BCUT2D eigenvalue weighted by atomic mass is 9.97. The number of para-hydroxylation sites is 2. The van der Waals surface area contributed by atoms with Crippen molar-refractivity contribution in [1.82, 2.24) is 4.90 Å². The molecule has 1 amide bonds. The van der Waals surface area contributed by atoms with E-state index in [-0.39, 0.29) is 17.8 Å². The molecule has 0 saturated carbocycles. The molecule has 0 aromatic heterocycles. The standard InChI is InChI=1S/C21H24N2O3/c1-2-26-21(25)16-9-8-14-23(15-16)20(24)18-12-6-7-13-19(18)22-17-10-4-3-5-11-17/h3-7,10-13,16,22H,2,8-9,14-15H2,1H3/t16-/m1/s1. The van der Waals surface area contributed by atoms with E-state index in [1.807, 2.05) is 54.6 Å². The van der Waals surface area contributed by atoms with E-state index in [1.54, 1.807) is 11.8 Å². The van der Waals surface area contributed by atoms with Crippen molar-refractivity contribution in [2.75, 3.05) is 25.0 Å². The number of anilines is 2. The van der Waals surface area contributed by atoms with Crippen LogP contribution in [0.15, 0.2) is 54.6 Å². The van der Waals surface area contributed by atoms with Crippen molar-refractivity contribution < 1.29 is 14.3 Å². The normalized spacial score (nSPS) is 16.8. The van der Waals surface area contributed by atoms with E-state index < -0.39 is 0 Å². The summed E-state index contributed by atoms with van der Waals surface area (Å²) < 4.78 is 5.13. The van der Waals surface area contributed by atoms with Crippen LogP contribution in [-0.4, -0.2) is 36.5 Å². The first-order chi connectivity index (χ1) is 12.7. The van der Waals surface area contributed by atoms with Gasteiger partial charge >= 0.3 is 5.97 Å². The van der Waals surface area contributed by atoms with Gasteiger partial charge in [-0.25, -0.2) is 0 Å². The average Bonchev–Trinajstić information content (AvgIpc) is 2.69. The molecule has 1 aliphatic rings. The summed E-state index contributed by atoms with van der Waals surface area (Å²) in [5.41, 5.74) is 2.30. The molecule has 0 bridgehead atoms. The van der Waals surface area contributed by atoms with Gasteiger partial charge in [0.15, 0.2) is 0 Å². The first-order valence-corrected chi connectivity index (χ1v) is 9.06. The number of hydrogen-bond acceptors (Lipinski definition) is 4. The van der Waals surface area contributed by atoms with Crippen molar-refractivity contribution in [3.05, 3.63) is 60.2 Å². The van der Waals surface area contributed by atoms with Crippen LogP contribution in [0, 0.1) is 5.92 Å². The monoisotopic (exact) mass is 352 g/mol. The zero-order valence-electron chi connectivity index (χ0n) is 15.0. The second-order valence-corrected chi connectivity index (χ2v) is 6.38.